The molecule has 7 heteroatoms. The summed E-state index contributed by atoms with van der Waals surface area (Å²) in [6.45, 7) is 0.478. The van der Waals surface area contributed by atoms with E-state index in [1.807, 2.05) is 54.6 Å². The van der Waals surface area contributed by atoms with Crippen molar-refractivity contribution in [3.63, 3.8) is 0 Å². The molecule has 0 saturated carbocycles. The molecule has 0 bridgehead atoms. The molecule has 0 aliphatic carbocycles. The van der Waals surface area contributed by atoms with Gasteiger partial charge in [-0.25, -0.2) is 0 Å². The van der Waals surface area contributed by atoms with E-state index in [9.17, 15) is 9.59 Å². The molecule has 3 rings (SSSR count). The van der Waals surface area contributed by atoms with Crippen LogP contribution in [0.1, 0.15) is 21.5 Å². The van der Waals surface area contributed by atoms with Gasteiger partial charge < -0.3 is 15.0 Å². The number of thiocarbonyl (C=S) groups is 1. The quantitative estimate of drug-likeness (QED) is 0.402. The summed E-state index contributed by atoms with van der Waals surface area (Å²) in [5, 5.41) is 5.66. The molecule has 33 heavy (non-hydrogen) atoms. The smallest absolute Gasteiger partial charge is 0.256 e. The van der Waals surface area contributed by atoms with Crippen LogP contribution in [-0.4, -0.2) is 36.0 Å². The number of rotatable bonds is 7. The average Bonchev–Trinajstić information content (AvgIpc) is 2.83. The van der Waals surface area contributed by atoms with Crippen LogP contribution in [0.3, 0.4) is 0 Å². The number of amides is 2. The van der Waals surface area contributed by atoms with Crippen molar-refractivity contribution in [2.24, 2.45) is 0 Å². The summed E-state index contributed by atoms with van der Waals surface area (Å²) in [5.74, 6) is 0.202. The average molecular weight is 460 g/mol. The maximum Gasteiger partial charge on any atom is 0.256 e. The topological polar surface area (TPSA) is 70.7 Å². The summed E-state index contributed by atoms with van der Waals surface area (Å²) >= 11 is 5.27. The lowest BCUT2D eigenvalue weighted by Crippen LogP contribution is -2.34. The molecule has 0 aliphatic rings. The molecule has 3 aromatic rings. The molecule has 6 nitrogen and oxygen atoms in total. The van der Waals surface area contributed by atoms with Gasteiger partial charge >= 0.3 is 0 Å². The highest BCUT2D eigenvalue weighted by Gasteiger charge is 2.16. The Labute approximate surface area is 198 Å². The van der Waals surface area contributed by atoms with Gasteiger partial charge in [-0.05, 0) is 53.7 Å². The number of nitrogens with one attached hydrogen (secondary N) is 2. The molecule has 0 aliphatic heterocycles. The van der Waals surface area contributed by atoms with Crippen LogP contribution in [0.2, 0.25) is 0 Å². The molecule has 0 aromatic heterocycles. The summed E-state index contributed by atoms with van der Waals surface area (Å²) in [7, 11) is 3.34. The maximum atomic E-state index is 13.0. The Morgan fingerprint density at radius 1 is 0.970 bits per heavy atom. The monoisotopic (exact) mass is 459 g/mol. The second-order valence-electron chi connectivity index (χ2n) is 7.24. The molecule has 2 amide bonds. The van der Waals surface area contributed by atoms with Crippen molar-refractivity contribution in [3.8, 4) is 5.75 Å². The first-order valence-corrected chi connectivity index (χ1v) is 10.7. The van der Waals surface area contributed by atoms with E-state index in [-0.39, 0.29) is 16.9 Å². The van der Waals surface area contributed by atoms with Crippen LogP contribution in [0.25, 0.3) is 6.08 Å². The molecule has 0 atom stereocenters. The Bertz CT molecular complexity index is 1140. The van der Waals surface area contributed by atoms with Crippen LogP contribution < -0.4 is 15.4 Å². The van der Waals surface area contributed by atoms with E-state index in [0.717, 1.165) is 16.9 Å². The molecule has 0 fully saturated rings. The van der Waals surface area contributed by atoms with Gasteiger partial charge in [0.05, 0.1) is 18.4 Å². The van der Waals surface area contributed by atoms with Gasteiger partial charge in [0.15, 0.2) is 5.11 Å². The van der Waals surface area contributed by atoms with E-state index in [1.54, 1.807) is 49.4 Å². The van der Waals surface area contributed by atoms with Crippen LogP contribution in [0, 0.1) is 0 Å². The maximum absolute atomic E-state index is 13.0. The SMILES string of the molecule is COc1ccc(/C=C/C(=O)NC(=S)Nc2ccccc2C(=O)N(C)Cc2ccccc2)cc1. The zero-order chi connectivity index (χ0) is 23.6. The normalized spacial score (nSPS) is 10.5. The lowest BCUT2D eigenvalue weighted by Gasteiger charge is -2.20. The highest BCUT2D eigenvalue weighted by molar-refractivity contribution is 7.80. The second kappa shape index (κ2) is 11.6. The highest BCUT2D eigenvalue weighted by atomic mass is 32.1. The highest BCUT2D eigenvalue weighted by Crippen LogP contribution is 2.18. The van der Waals surface area contributed by atoms with E-state index in [2.05, 4.69) is 10.6 Å². The van der Waals surface area contributed by atoms with E-state index in [0.29, 0.717) is 17.8 Å². The van der Waals surface area contributed by atoms with E-state index in [1.165, 1.54) is 6.08 Å². The van der Waals surface area contributed by atoms with Crippen LogP contribution in [-0.2, 0) is 11.3 Å². The number of ether oxygens (including phenoxy) is 1. The largest absolute Gasteiger partial charge is 0.497 e. The Morgan fingerprint density at radius 2 is 1.64 bits per heavy atom. The van der Waals surface area contributed by atoms with Crippen molar-refractivity contribution in [1.29, 1.82) is 0 Å². The van der Waals surface area contributed by atoms with Crippen LogP contribution >= 0.6 is 12.2 Å². The number of para-hydroxylation sites is 1. The van der Waals surface area contributed by atoms with Gasteiger partial charge in [-0.15, -0.1) is 0 Å². The minimum atomic E-state index is -0.381. The summed E-state index contributed by atoms with van der Waals surface area (Å²) in [5.41, 5.74) is 2.86. The van der Waals surface area contributed by atoms with Crippen molar-refractivity contribution in [2.45, 2.75) is 6.54 Å². The van der Waals surface area contributed by atoms with Crippen molar-refractivity contribution in [1.82, 2.24) is 10.2 Å². The molecular weight excluding hydrogens is 434 g/mol. The van der Waals surface area contributed by atoms with Gasteiger partial charge in [0, 0.05) is 19.7 Å². The Balaban J connectivity index is 1.61. The molecule has 3 aromatic carbocycles. The van der Waals surface area contributed by atoms with E-state index >= 15 is 0 Å². The molecule has 0 spiro atoms. The Morgan fingerprint density at radius 3 is 2.33 bits per heavy atom. The number of anilines is 1. The van der Waals surface area contributed by atoms with Gasteiger partial charge in [-0.1, -0.05) is 54.6 Å². The number of carbonyl (C=O) groups excluding carboxylic acids is 2. The minimum absolute atomic E-state index is 0.102. The number of benzene rings is 3. The van der Waals surface area contributed by atoms with Crippen molar-refractivity contribution >= 4 is 40.9 Å². The van der Waals surface area contributed by atoms with Crippen LogP contribution in [0.4, 0.5) is 5.69 Å². The number of nitrogens with zero attached hydrogens (tertiary/aromatic N) is 1. The van der Waals surface area contributed by atoms with Gasteiger partial charge in [0.25, 0.3) is 5.91 Å². The minimum Gasteiger partial charge on any atom is -0.497 e. The first-order valence-electron chi connectivity index (χ1n) is 10.3. The number of carbonyl (C=O) groups is 2. The molecular formula is C26H25N3O3S. The third kappa shape index (κ3) is 7.02. The molecule has 0 unspecified atom stereocenters. The number of hydrogen-bond acceptors (Lipinski definition) is 4. The third-order valence-electron chi connectivity index (χ3n) is 4.79. The molecule has 0 radical (unpaired) electrons. The van der Waals surface area contributed by atoms with Gasteiger partial charge in [0.2, 0.25) is 5.91 Å². The fraction of sp³-hybridized carbons (Fsp3) is 0.115. The van der Waals surface area contributed by atoms with Gasteiger partial charge in [-0.3, -0.25) is 14.9 Å². The fourth-order valence-corrected chi connectivity index (χ4v) is 3.32. The second-order valence-corrected chi connectivity index (χ2v) is 7.65. The van der Waals surface area contributed by atoms with Crippen molar-refractivity contribution in [3.05, 3.63) is 102 Å². The van der Waals surface area contributed by atoms with Crippen LogP contribution in [0.15, 0.2) is 84.9 Å². The third-order valence-corrected chi connectivity index (χ3v) is 5.00. The Kier molecular flexibility index (Phi) is 8.32. The summed E-state index contributed by atoms with van der Waals surface area (Å²) in [4.78, 5) is 26.9. The van der Waals surface area contributed by atoms with Crippen LogP contribution in [0.5, 0.6) is 5.75 Å². The van der Waals surface area contributed by atoms with Gasteiger partial charge in [-0.2, -0.15) is 0 Å². The fourth-order valence-electron chi connectivity index (χ4n) is 3.11. The lowest BCUT2D eigenvalue weighted by molar-refractivity contribution is -0.115. The molecule has 0 heterocycles. The van der Waals surface area contributed by atoms with Crippen molar-refractivity contribution in [2.75, 3.05) is 19.5 Å². The van der Waals surface area contributed by atoms with Gasteiger partial charge in [0.1, 0.15) is 5.75 Å². The summed E-state index contributed by atoms with van der Waals surface area (Å²) < 4.78 is 5.12. The predicted octanol–water partition coefficient (Wildman–Crippen LogP) is 4.49. The molecule has 168 valence electrons. The lowest BCUT2D eigenvalue weighted by atomic mass is 10.1. The number of methoxy groups -OCH3 is 1. The first kappa shape index (κ1) is 23.7. The molecule has 2 N–H and O–H groups in total. The predicted molar refractivity (Wildman–Crippen MR) is 135 cm³/mol. The summed E-state index contributed by atoms with van der Waals surface area (Å²) in [6.07, 6.45) is 3.06. The zero-order valence-electron chi connectivity index (χ0n) is 18.4. The van der Waals surface area contributed by atoms with Crippen molar-refractivity contribution < 1.29 is 14.3 Å². The summed E-state index contributed by atoms with van der Waals surface area (Å²) in [6, 6.07) is 24.1. The molecule has 0 saturated heterocycles. The standard InChI is InChI=1S/C26H25N3O3S/c1-29(18-20-8-4-3-5-9-20)25(31)22-10-6-7-11-23(22)27-26(33)28-24(30)17-14-19-12-15-21(32-2)16-13-19/h3-17H,18H2,1-2H3,(H2,27,28,30,33)/b17-14+. The van der Waals surface area contributed by atoms with E-state index in [4.69, 9.17) is 17.0 Å². The Hall–Kier alpha value is -3.97. The van der Waals surface area contributed by atoms with E-state index < -0.39 is 0 Å². The first-order chi connectivity index (χ1) is 16.0. The zero-order valence-corrected chi connectivity index (χ0v) is 19.3. The number of hydrogen-bond donors (Lipinski definition) is 2.